The summed E-state index contributed by atoms with van der Waals surface area (Å²) in [6.07, 6.45) is 5.72. The molecule has 1 aliphatic carbocycles. The maximum absolute atomic E-state index is 12.2. The first-order valence-electron chi connectivity index (χ1n) is 6.53. The molecule has 18 heavy (non-hydrogen) atoms. The van der Waals surface area contributed by atoms with E-state index in [9.17, 15) is 4.79 Å². The number of aromatic nitrogens is 2. The van der Waals surface area contributed by atoms with Gasteiger partial charge in [-0.1, -0.05) is 0 Å². The molecule has 0 amide bonds. The number of hydrogen-bond donors (Lipinski definition) is 2. The van der Waals surface area contributed by atoms with Crippen LogP contribution in [0, 0.1) is 5.92 Å². The predicted molar refractivity (Wildman–Crippen MR) is 72.7 cm³/mol. The lowest BCUT2D eigenvalue weighted by atomic mass is 9.96. The highest BCUT2D eigenvalue weighted by Crippen LogP contribution is 2.40. The van der Waals surface area contributed by atoms with Gasteiger partial charge in [-0.05, 0) is 39.5 Å². The van der Waals surface area contributed by atoms with Crippen LogP contribution in [0.1, 0.15) is 39.7 Å². The van der Waals surface area contributed by atoms with E-state index < -0.39 is 0 Å². The van der Waals surface area contributed by atoms with E-state index in [-0.39, 0.29) is 17.1 Å². The third-order valence-electron chi connectivity index (χ3n) is 3.73. The van der Waals surface area contributed by atoms with Gasteiger partial charge in [0.25, 0.3) is 5.56 Å². The zero-order valence-corrected chi connectivity index (χ0v) is 11.3. The summed E-state index contributed by atoms with van der Waals surface area (Å²) in [4.78, 5) is 16.4. The molecule has 0 saturated heterocycles. The van der Waals surface area contributed by atoms with E-state index in [2.05, 4.69) is 17.2 Å². The molecule has 5 heteroatoms. The lowest BCUT2D eigenvalue weighted by Gasteiger charge is -2.30. The van der Waals surface area contributed by atoms with Crippen molar-refractivity contribution in [3.8, 4) is 0 Å². The van der Waals surface area contributed by atoms with Gasteiger partial charge in [0.1, 0.15) is 0 Å². The van der Waals surface area contributed by atoms with Crippen LogP contribution in [-0.2, 0) is 0 Å². The second-order valence-corrected chi connectivity index (χ2v) is 5.60. The molecular formula is C13H22N4O. The van der Waals surface area contributed by atoms with Crippen molar-refractivity contribution in [1.82, 2.24) is 9.55 Å². The van der Waals surface area contributed by atoms with Crippen LogP contribution in [0.15, 0.2) is 17.2 Å². The Kier molecular flexibility index (Phi) is 3.43. The molecule has 1 fully saturated rings. The van der Waals surface area contributed by atoms with Crippen LogP contribution in [0.25, 0.3) is 0 Å². The van der Waals surface area contributed by atoms with Gasteiger partial charge in [-0.2, -0.15) is 0 Å². The molecule has 3 N–H and O–H groups in total. The first kappa shape index (κ1) is 13.1. The van der Waals surface area contributed by atoms with Crippen molar-refractivity contribution in [1.29, 1.82) is 0 Å². The van der Waals surface area contributed by atoms with Crippen molar-refractivity contribution in [2.45, 2.75) is 45.2 Å². The third kappa shape index (κ3) is 2.41. The number of anilines is 1. The van der Waals surface area contributed by atoms with Crippen LogP contribution in [0.5, 0.6) is 0 Å². The van der Waals surface area contributed by atoms with Crippen molar-refractivity contribution in [2.75, 3.05) is 11.9 Å². The molecule has 5 nitrogen and oxygen atoms in total. The summed E-state index contributed by atoms with van der Waals surface area (Å²) in [5.41, 5.74) is 5.55. The summed E-state index contributed by atoms with van der Waals surface area (Å²) >= 11 is 0. The van der Waals surface area contributed by atoms with Crippen LogP contribution < -0.4 is 16.6 Å². The van der Waals surface area contributed by atoms with Crippen LogP contribution in [0.3, 0.4) is 0 Å². The Bertz CT molecular complexity index is 478. The molecule has 0 aliphatic heterocycles. The lowest BCUT2D eigenvalue weighted by Crippen LogP contribution is -2.46. The van der Waals surface area contributed by atoms with Crippen LogP contribution >= 0.6 is 0 Å². The minimum absolute atomic E-state index is 0.0761. The third-order valence-corrected chi connectivity index (χ3v) is 3.73. The van der Waals surface area contributed by atoms with Gasteiger partial charge in [-0.3, -0.25) is 4.79 Å². The largest absolute Gasteiger partial charge is 0.359 e. The molecule has 0 radical (unpaired) electrons. The second kappa shape index (κ2) is 4.72. The fourth-order valence-electron chi connectivity index (χ4n) is 2.23. The average Bonchev–Trinajstić information content (AvgIpc) is 3.15. The Morgan fingerprint density at radius 2 is 2.28 bits per heavy atom. The van der Waals surface area contributed by atoms with Gasteiger partial charge in [0, 0.05) is 25.0 Å². The maximum Gasteiger partial charge on any atom is 0.293 e. The number of hydrogen-bond acceptors (Lipinski definition) is 4. The van der Waals surface area contributed by atoms with E-state index in [0.29, 0.717) is 18.3 Å². The summed E-state index contributed by atoms with van der Waals surface area (Å²) in [6, 6.07) is 0.131. The molecule has 0 bridgehead atoms. The zero-order valence-electron chi connectivity index (χ0n) is 11.3. The molecule has 1 heterocycles. The second-order valence-electron chi connectivity index (χ2n) is 5.60. The lowest BCUT2D eigenvalue weighted by molar-refractivity contribution is 0.455. The van der Waals surface area contributed by atoms with E-state index in [0.717, 1.165) is 0 Å². The molecule has 1 saturated carbocycles. The van der Waals surface area contributed by atoms with Gasteiger partial charge >= 0.3 is 0 Å². The highest BCUT2D eigenvalue weighted by molar-refractivity contribution is 5.36. The topological polar surface area (TPSA) is 72.9 Å². The van der Waals surface area contributed by atoms with Gasteiger partial charge in [0.15, 0.2) is 5.82 Å². The van der Waals surface area contributed by atoms with Gasteiger partial charge in [-0.25, -0.2) is 4.98 Å². The molecule has 0 spiro atoms. The number of rotatable bonds is 5. The SMILES string of the molecule is CC(C)n1ccnc(NC(C)(CN)C2CC2)c1=O. The zero-order chi connectivity index (χ0) is 13.3. The van der Waals surface area contributed by atoms with Crippen LogP contribution in [0.2, 0.25) is 0 Å². The van der Waals surface area contributed by atoms with Gasteiger partial charge in [0.05, 0.1) is 5.54 Å². The molecule has 2 rings (SSSR count). The number of nitrogens with one attached hydrogen (secondary N) is 1. The smallest absolute Gasteiger partial charge is 0.293 e. The normalized spacial score (nSPS) is 18.7. The van der Waals surface area contributed by atoms with E-state index >= 15 is 0 Å². The minimum atomic E-state index is -0.220. The summed E-state index contributed by atoms with van der Waals surface area (Å²) in [6.45, 7) is 6.54. The fourth-order valence-corrected chi connectivity index (χ4v) is 2.23. The predicted octanol–water partition coefficient (Wildman–Crippen LogP) is 1.36. The number of nitrogens with zero attached hydrogens (tertiary/aromatic N) is 2. The molecular weight excluding hydrogens is 228 g/mol. The average molecular weight is 250 g/mol. The molecule has 1 unspecified atom stereocenters. The van der Waals surface area contributed by atoms with Crippen LogP contribution in [0.4, 0.5) is 5.82 Å². The van der Waals surface area contributed by atoms with E-state index in [1.165, 1.54) is 12.8 Å². The van der Waals surface area contributed by atoms with E-state index in [4.69, 9.17) is 5.73 Å². The van der Waals surface area contributed by atoms with Crippen molar-refractivity contribution >= 4 is 5.82 Å². The Labute approximate surface area is 107 Å². The summed E-state index contributed by atoms with van der Waals surface area (Å²) in [7, 11) is 0. The summed E-state index contributed by atoms with van der Waals surface area (Å²) < 4.78 is 1.68. The van der Waals surface area contributed by atoms with Crippen molar-refractivity contribution < 1.29 is 0 Å². The highest BCUT2D eigenvalue weighted by Gasteiger charge is 2.41. The van der Waals surface area contributed by atoms with Gasteiger partial charge in [0.2, 0.25) is 0 Å². The maximum atomic E-state index is 12.2. The Balaban J connectivity index is 2.29. The summed E-state index contributed by atoms with van der Waals surface area (Å²) in [5.74, 6) is 0.961. The van der Waals surface area contributed by atoms with E-state index in [1.807, 2.05) is 13.8 Å². The first-order chi connectivity index (χ1) is 8.48. The molecule has 100 valence electrons. The van der Waals surface area contributed by atoms with Gasteiger partial charge < -0.3 is 15.6 Å². The monoisotopic (exact) mass is 250 g/mol. The Hall–Kier alpha value is -1.36. The molecule has 1 aliphatic rings. The van der Waals surface area contributed by atoms with Crippen molar-refractivity contribution in [3.63, 3.8) is 0 Å². The molecule has 1 aromatic heterocycles. The summed E-state index contributed by atoms with van der Waals surface area (Å²) in [5, 5.41) is 3.26. The van der Waals surface area contributed by atoms with E-state index in [1.54, 1.807) is 17.0 Å². The molecule has 0 aromatic carbocycles. The quantitative estimate of drug-likeness (QED) is 0.827. The Morgan fingerprint density at radius 1 is 1.61 bits per heavy atom. The Morgan fingerprint density at radius 3 is 2.78 bits per heavy atom. The van der Waals surface area contributed by atoms with Crippen molar-refractivity contribution in [3.05, 3.63) is 22.7 Å². The highest BCUT2D eigenvalue weighted by atomic mass is 16.1. The minimum Gasteiger partial charge on any atom is -0.359 e. The number of nitrogens with two attached hydrogens (primary N) is 1. The van der Waals surface area contributed by atoms with Crippen LogP contribution in [-0.4, -0.2) is 21.6 Å². The standard InChI is InChI=1S/C13H22N4O/c1-9(2)17-7-6-15-11(12(17)18)16-13(3,8-14)10-4-5-10/h6-7,9-10H,4-5,8,14H2,1-3H3,(H,15,16). The van der Waals surface area contributed by atoms with Gasteiger partial charge in [-0.15, -0.1) is 0 Å². The first-order valence-corrected chi connectivity index (χ1v) is 6.53. The van der Waals surface area contributed by atoms with Crippen molar-refractivity contribution in [2.24, 2.45) is 11.7 Å². The molecule has 1 atom stereocenters. The molecule has 1 aromatic rings. The fraction of sp³-hybridized carbons (Fsp3) is 0.692.